The summed E-state index contributed by atoms with van der Waals surface area (Å²) < 4.78 is 11.2. The van der Waals surface area contributed by atoms with Crippen LogP contribution in [-0.4, -0.2) is 12.6 Å². The van der Waals surface area contributed by atoms with Gasteiger partial charge in [0, 0.05) is 35.4 Å². The van der Waals surface area contributed by atoms with E-state index in [9.17, 15) is 4.79 Å². The van der Waals surface area contributed by atoms with E-state index in [1.807, 2.05) is 12.1 Å². The van der Waals surface area contributed by atoms with E-state index in [0.29, 0.717) is 6.42 Å². The third kappa shape index (κ3) is 2.25. The second kappa shape index (κ2) is 5.63. The standard InChI is InChI=1S/C22H21NO3/c1-12-6-7-14(8-13(12)2)21-15-9-19-20(26-11-25-19)10-17(15)23-16-4-3-5-18(24)22(16)21/h6-10,21,23H,3-5,11H2,1-2H3/t21-/m0/s1. The number of rotatable bonds is 1. The Hall–Kier alpha value is -2.75. The fourth-order valence-corrected chi connectivity index (χ4v) is 4.24. The van der Waals surface area contributed by atoms with Crippen LogP contribution in [-0.2, 0) is 4.79 Å². The fraction of sp³-hybridized carbons (Fsp3) is 0.318. The Morgan fingerprint density at radius 1 is 1.00 bits per heavy atom. The number of hydrogen-bond donors (Lipinski definition) is 1. The summed E-state index contributed by atoms with van der Waals surface area (Å²) in [6.45, 7) is 4.49. The number of ketones is 1. The van der Waals surface area contributed by atoms with Gasteiger partial charge in [0.25, 0.3) is 0 Å². The van der Waals surface area contributed by atoms with Gasteiger partial charge >= 0.3 is 0 Å². The van der Waals surface area contributed by atoms with E-state index in [4.69, 9.17) is 9.47 Å². The predicted molar refractivity (Wildman–Crippen MR) is 99.8 cm³/mol. The van der Waals surface area contributed by atoms with E-state index in [1.165, 1.54) is 11.1 Å². The lowest BCUT2D eigenvalue weighted by atomic mass is 9.75. The van der Waals surface area contributed by atoms with E-state index in [1.54, 1.807) is 0 Å². The number of carbonyl (C=O) groups is 1. The molecule has 0 saturated heterocycles. The Kier molecular flexibility index (Phi) is 3.36. The molecule has 0 amide bonds. The number of Topliss-reactive ketones (excluding diaryl/α,β-unsaturated/α-hetero) is 1. The van der Waals surface area contributed by atoms with Crippen molar-refractivity contribution >= 4 is 11.5 Å². The largest absolute Gasteiger partial charge is 0.454 e. The fourth-order valence-electron chi connectivity index (χ4n) is 4.24. The molecule has 132 valence electrons. The zero-order valence-corrected chi connectivity index (χ0v) is 15.0. The van der Waals surface area contributed by atoms with Gasteiger partial charge in [-0.2, -0.15) is 0 Å². The second-order valence-corrected chi connectivity index (χ2v) is 7.36. The highest BCUT2D eigenvalue weighted by atomic mass is 16.7. The van der Waals surface area contributed by atoms with Gasteiger partial charge in [0.1, 0.15) is 0 Å². The van der Waals surface area contributed by atoms with Gasteiger partial charge < -0.3 is 14.8 Å². The third-order valence-electron chi connectivity index (χ3n) is 5.75. The van der Waals surface area contributed by atoms with Crippen molar-refractivity contribution < 1.29 is 14.3 Å². The number of carbonyl (C=O) groups excluding carboxylic acids is 1. The molecule has 5 rings (SSSR count). The number of fused-ring (bicyclic) bond motifs is 2. The molecule has 1 atom stereocenters. The summed E-state index contributed by atoms with van der Waals surface area (Å²) in [4.78, 5) is 12.9. The topological polar surface area (TPSA) is 47.6 Å². The minimum atomic E-state index is -0.0529. The molecule has 0 spiro atoms. The molecular weight excluding hydrogens is 326 g/mol. The maximum Gasteiger partial charge on any atom is 0.231 e. The molecule has 1 aliphatic carbocycles. The first-order chi connectivity index (χ1) is 12.6. The Balaban J connectivity index is 1.74. The van der Waals surface area contributed by atoms with Gasteiger partial charge in [0.2, 0.25) is 6.79 Å². The van der Waals surface area contributed by atoms with E-state index in [2.05, 4.69) is 37.4 Å². The minimum absolute atomic E-state index is 0.0529. The van der Waals surface area contributed by atoms with Gasteiger partial charge in [-0.15, -0.1) is 0 Å². The van der Waals surface area contributed by atoms with Gasteiger partial charge in [-0.25, -0.2) is 0 Å². The summed E-state index contributed by atoms with van der Waals surface area (Å²) in [6.07, 6.45) is 2.45. The smallest absolute Gasteiger partial charge is 0.231 e. The Morgan fingerprint density at radius 3 is 2.62 bits per heavy atom. The SMILES string of the molecule is Cc1ccc([C@@H]2C3=C(CCCC3=O)Nc3cc4c(cc32)OCO4)cc1C. The zero-order chi connectivity index (χ0) is 17.8. The molecule has 2 aromatic carbocycles. The highest BCUT2D eigenvalue weighted by Crippen LogP contribution is 2.49. The molecule has 2 aromatic rings. The minimum Gasteiger partial charge on any atom is -0.454 e. The van der Waals surface area contributed by atoms with E-state index in [0.717, 1.165) is 52.4 Å². The highest BCUT2D eigenvalue weighted by molar-refractivity contribution is 6.01. The maximum atomic E-state index is 12.9. The summed E-state index contributed by atoms with van der Waals surface area (Å²) in [7, 11) is 0. The normalized spacial score (nSPS) is 20.5. The highest BCUT2D eigenvalue weighted by Gasteiger charge is 2.36. The van der Waals surface area contributed by atoms with E-state index < -0.39 is 0 Å². The lowest BCUT2D eigenvalue weighted by Gasteiger charge is -2.34. The molecule has 0 aromatic heterocycles. The van der Waals surface area contributed by atoms with Crippen molar-refractivity contribution in [3.05, 3.63) is 63.9 Å². The first kappa shape index (κ1) is 15.5. The molecule has 0 saturated carbocycles. The van der Waals surface area contributed by atoms with Gasteiger partial charge in [0.15, 0.2) is 17.3 Å². The van der Waals surface area contributed by atoms with E-state index in [-0.39, 0.29) is 18.5 Å². The number of hydrogen-bond acceptors (Lipinski definition) is 4. The first-order valence-electron chi connectivity index (χ1n) is 9.16. The average molecular weight is 347 g/mol. The molecule has 0 fully saturated rings. The van der Waals surface area contributed by atoms with Crippen molar-refractivity contribution in [3.63, 3.8) is 0 Å². The van der Waals surface area contributed by atoms with Crippen LogP contribution in [0.5, 0.6) is 11.5 Å². The lowest BCUT2D eigenvalue weighted by molar-refractivity contribution is -0.116. The van der Waals surface area contributed by atoms with Gasteiger partial charge in [-0.05, 0) is 55.0 Å². The summed E-state index contributed by atoms with van der Waals surface area (Å²) in [5.74, 6) is 1.72. The van der Waals surface area contributed by atoms with Crippen LogP contribution in [0.4, 0.5) is 5.69 Å². The van der Waals surface area contributed by atoms with Crippen molar-refractivity contribution in [1.29, 1.82) is 0 Å². The van der Waals surface area contributed by atoms with Crippen LogP contribution in [0.1, 0.15) is 47.4 Å². The quantitative estimate of drug-likeness (QED) is 0.819. The van der Waals surface area contributed by atoms with Crippen molar-refractivity contribution in [1.82, 2.24) is 0 Å². The Labute approximate surface area is 152 Å². The molecule has 4 heteroatoms. The van der Waals surface area contributed by atoms with Crippen molar-refractivity contribution in [2.75, 3.05) is 12.1 Å². The lowest BCUT2D eigenvalue weighted by Crippen LogP contribution is -2.26. The Morgan fingerprint density at radius 2 is 1.81 bits per heavy atom. The monoisotopic (exact) mass is 347 g/mol. The summed E-state index contributed by atoms with van der Waals surface area (Å²) in [5, 5.41) is 3.51. The molecular formula is C22H21NO3. The zero-order valence-electron chi connectivity index (χ0n) is 15.0. The van der Waals surface area contributed by atoms with Crippen molar-refractivity contribution in [2.24, 2.45) is 0 Å². The predicted octanol–water partition coefficient (Wildman–Crippen LogP) is 4.60. The molecule has 0 bridgehead atoms. The average Bonchev–Trinajstić information content (AvgIpc) is 3.08. The molecule has 26 heavy (non-hydrogen) atoms. The molecule has 0 radical (unpaired) electrons. The van der Waals surface area contributed by atoms with Crippen molar-refractivity contribution in [3.8, 4) is 11.5 Å². The second-order valence-electron chi connectivity index (χ2n) is 7.36. The molecule has 0 unspecified atom stereocenters. The van der Waals surface area contributed by atoms with Gasteiger partial charge in [-0.3, -0.25) is 4.79 Å². The van der Waals surface area contributed by atoms with E-state index >= 15 is 0 Å². The summed E-state index contributed by atoms with van der Waals surface area (Å²) >= 11 is 0. The van der Waals surface area contributed by atoms with Gasteiger partial charge in [0.05, 0.1) is 0 Å². The first-order valence-corrected chi connectivity index (χ1v) is 9.16. The number of allylic oxidation sites excluding steroid dienone is 2. The number of benzene rings is 2. The van der Waals surface area contributed by atoms with Crippen LogP contribution in [0.2, 0.25) is 0 Å². The number of aryl methyl sites for hydroxylation is 2. The molecule has 3 aliphatic rings. The van der Waals surface area contributed by atoms with Crippen LogP contribution < -0.4 is 14.8 Å². The molecule has 2 aliphatic heterocycles. The van der Waals surface area contributed by atoms with Gasteiger partial charge in [-0.1, -0.05) is 18.2 Å². The van der Waals surface area contributed by atoms with Crippen LogP contribution in [0.25, 0.3) is 0 Å². The Bertz CT molecular complexity index is 974. The van der Waals surface area contributed by atoms with Crippen molar-refractivity contribution in [2.45, 2.75) is 39.0 Å². The third-order valence-corrected chi connectivity index (χ3v) is 5.75. The number of nitrogens with one attached hydrogen (secondary N) is 1. The molecule has 2 heterocycles. The van der Waals surface area contributed by atoms with Crippen LogP contribution in [0.3, 0.4) is 0 Å². The van der Waals surface area contributed by atoms with Crippen LogP contribution >= 0.6 is 0 Å². The van der Waals surface area contributed by atoms with Crippen LogP contribution in [0, 0.1) is 13.8 Å². The molecule has 1 N–H and O–H groups in total. The van der Waals surface area contributed by atoms with Crippen LogP contribution in [0.15, 0.2) is 41.6 Å². The number of ether oxygens (including phenoxy) is 2. The number of anilines is 1. The summed E-state index contributed by atoms with van der Waals surface area (Å²) in [6, 6.07) is 10.6. The maximum absolute atomic E-state index is 12.9. The summed E-state index contributed by atoms with van der Waals surface area (Å²) in [5.41, 5.74) is 7.77. The molecule has 4 nitrogen and oxygen atoms in total.